The smallest absolute Gasteiger partial charge is 0.0212 e. The van der Waals surface area contributed by atoms with Crippen molar-refractivity contribution in [3.8, 4) is 44.5 Å². The molecule has 0 fully saturated rings. The van der Waals surface area contributed by atoms with E-state index in [1.54, 1.807) is 0 Å². The minimum atomic E-state index is -0.0394. The van der Waals surface area contributed by atoms with Crippen LogP contribution in [-0.4, -0.2) is 0 Å². The van der Waals surface area contributed by atoms with Crippen LogP contribution in [-0.2, 0) is 21.7 Å². The van der Waals surface area contributed by atoms with Crippen LogP contribution in [0.4, 0.5) is 0 Å². The molecule has 12 rings (SSSR count). The molecule has 346 valence electrons. The van der Waals surface area contributed by atoms with Crippen molar-refractivity contribution in [2.45, 2.75) is 105 Å². The first-order valence-electron chi connectivity index (χ1n) is 25.7. The maximum atomic E-state index is 2.55. The summed E-state index contributed by atoms with van der Waals surface area (Å²) in [7, 11) is 0. The van der Waals surface area contributed by atoms with Crippen LogP contribution >= 0.6 is 0 Å². The van der Waals surface area contributed by atoms with Gasteiger partial charge in [-0.1, -0.05) is 229 Å². The van der Waals surface area contributed by atoms with Crippen LogP contribution in [0.3, 0.4) is 0 Å². The van der Waals surface area contributed by atoms with Gasteiger partial charge in [0, 0.05) is 11.8 Å². The summed E-state index contributed by atoms with van der Waals surface area (Å²) in [6.45, 7) is 28.5. The molecule has 0 nitrogen and oxygen atoms in total. The van der Waals surface area contributed by atoms with Gasteiger partial charge in [0.1, 0.15) is 0 Å². The van der Waals surface area contributed by atoms with Crippen molar-refractivity contribution < 1.29 is 0 Å². The van der Waals surface area contributed by atoms with E-state index < -0.39 is 0 Å². The number of allylic oxidation sites excluding steroid dienone is 8. The molecule has 0 bridgehead atoms. The number of benzene rings is 8. The van der Waals surface area contributed by atoms with Gasteiger partial charge < -0.3 is 0 Å². The summed E-state index contributed by atoms with van der Waals surface area (Å²) in [4.78, 5) is 0. The molecule has 0 spiro atoms. The van der Waals surface area contributed by atoms with E-state index >= 15 is 0 Å². The van der Waals surface area contributed by atoms with Gasteiger partial charge in [-0.05, 0) is 179 Å². The van der Waals surface area contributed by atoms with Gasteiger partial charge in [0.05, 0.1) is 0 Å². The average molecular weight is 907 g/mol. The van der Waals surface area contributed by atoms with Gasteiger partial charge in [-0.3, -0.25) is 0 Å². The van der Waals surface area contributed by atoms with Crippen LogP contribution in [0.1, 0.15) is 128 Å². The Hall–Kier alpha value is -6.76. The van der Waals surface area contributed by atoms with Crippen molar-refractivity contribution in [2.75, 3.05) is 0 Å². The third-order valence-electron chi connectivity index (χ3n) is 16.2. The molecule has 0 saturated heterocycles. The molecule has 0 saturated carbocycles. The fourth-order valence-corrected chi connectivity index (χ4v) is 12.2. The predicted molar refractivity (Wildman–Crippen MR) is 303 cm³/mol. The Morgan fingerprint density at radius 3 is 0.929 bits per heavy atom. The number of fused-ring (bicyclic) bond motifs is 8. The van der Waals surface area contributed by atoms with Crippen LogP contribution < -0.4 is 0 Å². The summed E-state index contributed by atoms with van der Waals surface area (Å²) < 4.78 is 0. The second-order valence-corrected chi connectivity index (χ2v) is 25.0. The summed E-state index contributed by atoms with van der Waals surface area (Å²) in [6.07, 6.45) is 10.1. The predicted octanol–water partition coefficient (Wildman–Crippen LogP) is 19.4. The largest absolute Gasteiger partial charge is 0.0622 e. The maximum Gasteiger partial charge on any atom is 0.0212 e. The Balaban J connectivity index is 1.22. The molecule has 70 heavy (non-hydrogen) atoms. The summed E-state index contributed by atoms with van der Waals surface area (Å²) >= 11 is 0. The van der Waals surface area contributed by atoms with E-state index in [2.05, 4.69) is 253 Å². The number of rotatable bonds is 4. The fraction of sp³-hybridized carbons (Fsp3) is 0.257. The molecule has 0 heterocycles. The van der Waals surface area contributed by atoms with Crippen LogP contribution in [0.25, 0.3) is 88.3 Å². The van der Waals surface area contributed by atoms with Crippen LogP contribution in [0, 0.1) is 11.8 Å². The van der Waals surface area contributed by atoms with E-state index in [0.29, 0.717) is 0 Å². The number of hydrogen-bond acceptors (Lipinski definition) is 0. The second-order valence-electron chi connectivity index (χ2n) is 25.0. The molecule has 0 N–H and O–H groups in total. The molecule has 4 aliphatic carbocycles. The Morgan fingerprint density at radius 1 is 0.271 bits per heavy atom. The molecule has 8 aromatic rings. The summed E-state index contributed by atoms with van der Waals surface area (Å²) in [5.74, 6) is 0.379. The van der Waals surface area contributed by atoms with Gasteiger partial charge in [0.2, 0.25) is 0 Å². The van der Waals surface area contributed by atoms with E-state index in [-0.39, 0.29) is 33.5 Å². The summed E-state index contributed by atoms with van der Waals surface area (Å²) in [5.41, 5.74) is 27.1. The van der Waals surface area contributed by atoms with E-state index in [1.165, 1.54) is 133 Å². The highest BCUT2D eigenvalue weighted by molar-refractivity contribution is 6.22. The van der Waals surface area contributed by atoms with Gasteiger partial charge in [-0.15, -0.1) is 0 Å². The Labute approximate surface area is 417 Å². The molecule has 0 aliphatic heterocycles. The lowest BCUT2D eigenvalue weighted by Crippen LogP contribution is -2.18. The quantitative estimate of drug-likeness (QED) is 0.154. The molecule has 0 amide bonds. The maximum absolute atomic E-state index is 2.55. The zero-order valence-corrected chi connectivity index (χ0v) is 43.3. The van der Waals surface area contributed by atoms with Crippen molar-refractivity contribution in [1.82, 2.24) is 0 Å². The van der Waals surface area contributed by atoms with Gasteiger partial charge in [-0.25, -0.2) is 0 Å². The minimum Gasteiger partial charge on any atom is -0.0622 e. The highest BCUT2D eigenvalue weighted by Crippen LogP contribution is 2.67. The lowest BCUT2D eigenvalue weighted by molar-refractivity contribution is 0.568. The molecular formula is C70H66. The van der Waals surface area contributed by atoms with Crippen molar-refractivity contribution in [3.63, 3.8) is 0 Å². The molecule has 4 aliphatic rings. The Kier molecular flexibility index (Phi) is 9.76. The lowest BCUT2D eigenvalue weighted by Gasteiger charge is -2.31. The van der Waals surface area contributed by atoms with Gasteiger partial charge in [0.15, 0.2) is 0 Å². The van der Waals surface area contributed by atoms with Gasteiger partial charge >= 0.3 is 0 Å². The first-order valence-corrected chi connectivity index (χ1v) is 25.7. The van der Waals surface area contributed by atoms with Crippen LogP contribution in [0.15, 0.2) is 170 Å². The van der Waals surface area contributed by atoms with E-state index in [1.807, 2.05) is 0 Å². The fourth-order valence-electron chi connectivity index (χ4n) is 12.2. The van der Waals surface area contributed by atoms with E-state index in [0.717, 1.165) is 0 Å². The van der Waals surface area contributed by atoms with Crippen LogP contribution in [0.2, 0.25) is 0 Å². The Morgan fingerprint density at radius 2 is 0.586 bits per heavy atom. The third-order valence-corrected chi connectivity index (χ3v) is 16.2. The summed E-state index contributed by atoms with van der Waals surface area (Å²) in [5, 5.41) is 5.21. The average Bonchev–Trinajstić information content (AvgIpc) is 3.82. The zero-order valence-electron chi connectivity index (χ0n) is 43.3. The third kappa shape index (κ3) is 7.00. The highest BCUT2D eigenvalue weighted by Gasteiger charge is 2.50. The van der Waals surface area contributed by atoms with Crippen molar-refractivity contribution in [3.05, 3.63) is 214 Å². The van der Waals surface area contributed by atoms with E-state index in [9.17, 15) is 0 Å². The van der Waals surface area contributed by atoms with Crippen molar-refractivity contribution in [1.29, 1.82) is 0 Å². The first-order chi connectivity index (χ1) is 33.2. The highest BCUT2D eigenvalue weighted by atomic mass is 14.5. The second kappa shape index (κ2) is 15.4. The monoisotopic (exact) mass is 907 g/mol. The van der Waals surface area contributed by atoms with Crippen LogP contribution in [0.5, 0.6) is 0 Å². The molecule has 0 unspecified atom stereocenters. The van der Waals surface area contributed by atoms with Gasteiger partial charge in [-0.2, -0.15) is 0 Å². The van der Waals surface area contributed by atoms with Gasteiger partial charge in [0.25, 0.3) is 0 Å². The van der Waals surface area contributed by atoms with Crippen molar-refractivity contribution >= 4 is 43.8 Å². The lowest BCUT2D eigenvalue weighted by atomic mass is 9.71. The van der Waals surface area contributed by atoms with Crippen molar-refractivity contribution in [2.24, 2.45) is 11.8 Å². The zero-order chi connectivity index (χ0) is 48.8. The topological polar surface area (TPSA) is 0 Å². The molecule has 8 aromatic carbocycles. The molecule has 0 aromatic heterocycles. The number of hydrogen-bond donors (Lipinski definition) is 0. The summed E-state index contributed by atoms with van der Waals surface area (Å²) in [6, 6.07) is 56.3. The molecule has 0 atom stereocenters. The standard InChI is InChI=1S/C70H66/c1-67(2,3)47-31-45(32-48(37-47)68(4,5)6)61-59-35-43-25-19-20-26-44(43)36-60(59)62(46-33-49(69(7,8)9)38-50(34-46)70(10,11)12)66-54-30-28-52-58-40-56(42-23-17-14-18-24-42)55(41-21-15-13-16-22-41)39-57(58)51-27-29-53(65(61)66)64(54)63(51)52/h13-40,63-64H,1-12H3. The Bertz CT molecular complexity index is 3340. The SMILES string of the molecule is CC(C)(C)c1cc(-c2c3c(c(-c4cc(C(C)(C)C)cc(C(C)(C)C)c4)c4cc5ccccc5cc24)C2=CC=C4c5cc(-c6ccccc6)c(-c6ccccc6)cc5C5=CC=C3C2C54)cc(C(C)(C)C)c1. The molecule has 0 radical (unpaired) electrons. The van der Waals surface area contributed by atoms with E-state index in [4.69, 9.17) is 0 Å². The minimum absolute atomic E-state index is 0.0394. The molecular weight excluding hydrogens is 841 g/mol. The molecule has 0 heteroatoms. The first kappa shape index (κ1) is 44.4. The normalized spacial score (nSPS) is 17.2.